The number of hydrogen-bond donors (Lipinski definition) is 1. The van der Waals surface area contributed by atoms with Gasteiger partial charge in [0, 0.05) is 12.6 Å². The van der Waals surface area contributed by atoms with Crippen LogP contribution >= 0.6 is 0 Å². The van der Waals surface area contributed by atoms with Crippen molar-refractivity contribution in [2.24, 2.45) is 0 Å². The van der Waals surface area contributed by atoms with Gasteiger partial charge < -0.3 is 14.7 Å². The number of rotatable bonds is 6. The Hall–Kier alpha value is -1.50. The summed E-state index contributed by atoms with van der Waals surface area (Å²) >= 11 is 0. The topological polar surface area (TPSA) is 32.7 Å². The third-order valence-electron chi connectivity index (χ3n) is 3.18. The Labute approximate surface area is 142 Å². The fourth-order valence-corrected chi connectivity index (χ4v) is 1.67. The van der Waals surface area contributed by atoms with Crippen LogP contribution in [0, 0.1) is 11.8 Å². The van der Waals surface area contributed by atoms with Gasteiger partial charge in [0.15, 0.2) is 0 Å². The number of benzene rings is 1. The highest BCUT2D eigenvalue weighted by Crippen LogP contribution is 2.17. The van der Waals surface area contributed by atoms with Crippen LogP contribution in [0.15, 0.2) is 24.3 Å². The van der Waals surface area contributed by atoms with Gasteiger partial charge in [-0.3, -0.25) is 0 Å². The van der Waals surface area contributed by atoms with E-state index in [1.165, 1.54) is 0 Å². The van der Waals surface area contributed by atoms with E-state index in [4.69, 9.17) is 4.74 Å². The first-order valence-corrected chi connectivity index (χ1v) is 8.47. The zero-order chi connectivity index (χ0) is 17.9. The lowest BCUT2D eigenvalue weighted by Gasteiger charge is -2.20. The van der Waals surface area contributed by atoms with Crippen LogP contribution in [0.25, 0.3) is 0 Å². The normalized spacial score (nSPS) is 10.7. The molecule has 1 rings (SSSR count). The highest BCUT2D eigenvalue weighted by atomic mass is 16.5. The second kappa shape index (κ2) is 11.1. The molecule has 3 nitrogen and oxygen atoms in total. The minimum Gasteiger partial charge on any atom is -0.492 e. The lowest BCUT2D eigenvalue weighted by Crippen LogP contribution is -2.28. The zero-order valence-electron chi connectivity index (χ0n) is 15.8. The van der Waals surface area contributed by atoms with Crippen LogP contribution in [0.2, 0.25) is 0 Å². The summed E-state index contributed by atoms with van der Waals surface area (Å²) in [5, 5.41) is 9.68. The number of nitrogens with zero attached hydrogens (tertiary/aromatic N) is 1. The molecule has 0 aliphatic heterocycles. The maximum atomic E-state index is 9.68. The molecule has 0 heterocycles. The van der Waals surface area contributed by atoms with Gasteiger partial charge in [0.2, 0.25) is 0 Å². The molecule has 0 aliphatic carbocycles. The Balaban J connectivity index is 0.00000232. The Morgan fingerprint density at radius 1 is 1.22 bits per heavy atom. The van der Waals surface area contributed by atoms with E-state index in [2.05, 4.69) is 37.6 Å². The Morgan fingerprint density at radius 3 is 2.39 bits per heavy atom. The van der Waals surface area contributed by atoms with Crippen LogP contribution in [-0.2, 0) is 0 Å². The lowest BCUT2D eigenvalue weighted by molar-refractivity contribution is 0.143. The molecule has 0 aromatic heterocycles. The van der Waals surface area contributed by atoms with Crippen molar-refractivity contribution in [1.82, 2.24) is 4.90 Å². The smallest absolute Gasteiger partial charge is 0.134 e. The molecule has 0 bridgehead atoms. The highest BCUT2D eigenvalue weighted by molar-refractivity contribution is 5.46. The molecule has 0 aliphatic rings. The maximum absolute atomic E-state index is 9.68. The number of hydrogen-bond acceptors (Lipinski definition) is 3. The number of para-hydroxylation sites is 1. The quantitative estimate of drug-likeness (QED) is 0.637. The predicted molar refractivity (Wildman–Crippen MR) is 98.8 cm³/mol. The maximum Gasteiger partial charge on any atom is 0.134 e. The van der Waals surface area contributed by atoms with Crippen molar-refractivity contribution in [1.29, 1.82) is 0 Å². The average Bonchev–Trinajstić information content (AvgIpc) is 2.51. The fourth-order valence-electron chi connectivity index (χ4n) is 1.67. The molecule has 1 aromatic rings. The molecule has 130 valence electrons. The van der Waals surface area contributed by atoms with Gasteiger partial charge in [-0.25, -0.2) is 0 Å². The second-order valence-electron chi connectivity index (χ2n) is 6.08. The number of ether oxygens (including phenoxy) is 1. The largest absolute Gasteiger partial charge is 0.492 e. The van der Waals surface area contributed by atoms with Gasteiger partial charge in [-0.1, -0.05) is 37.8 Å². The first-order chi connectivity index (χ1) is 10.8. The molecular weight excluding hydrogens is 286 g/mol. The molecule has 0 saturated carbocycles. The molecule has 1 aromatic carbocycles. The molecule has 0 saturated heterocycles. The van der Waals surface area contributed by atoms with Gasteiger partial charge in [0.25, 0.3) is 0 Å². The summed E-state index contributed by atoms with van der Waals surface area (Å²) in [5.74, 6) is 6.58. The van der Waals surface area contributed by atoms with Gasteiger partial charge in [-0.15, -0.1) is 0 Å². The fraction of sp³-hybridized carbons (Fsp3) is 0.600. The van der Waals surface area contributed by atoms with Crippen molar-refractivity contribution < 1.29 is 9.84 Å². The van der Waals surface area contributed by atoms with Crippen molar-refractivity contribution in [3.05, 3.63) is 29.8 Å². The third-order valence-corrected chi connectivity index (χ3v) is 3.18. The SMILES string of the molecule is CC.CC(C)N(C)CCCOc1ccccc1C#CC(C)(C)O. The van der Waals surface area contributed by atoms with E-state index in [1.54, 1.807) is 13.8 Å². The molecule has 3 heteroatoms. The molecule has 1 N–H and O–H groups in total. The van der Waals surface area contributed by atoms with E-state index >= 15 is 0 Å². The van der Waals surface area contributed by atoms with Crippen molar-refractivity contribution in [3.8, 4) is 17.6 Å². The van der Waals surface area contributed by atoms with Crippen LogP contribution in [0.5, 0.6) is 5.75 Å². The van der Waals surface area contributed by atoms with Crippen molar-refractivity contribution in [2.75, 3.05) is 20.2 Å². The van der Waals surface area contributed by atoms with Crippen LogP contribution in [0.4, 0.5) is 0 Å². The zero-order valence-corrected chi connectivity index (χ0v) is 15.8. The van der Waals surface area contributed by atoms with E-state index in [-0.39, 0.29) is 0 Å². The first kappa shape index (κ1) is 21.5. The average molecular weight is 319 g/mol. The summed E-state index contributed by atoms with van der Waals surface area (Å²) < 4.78 is 5.82. The summed E-state index contributed by atoms with van der Waals surface area (Å²) in [6.45, 7) is 13.4. The molecule has 0 atom stereocenters. The van der Waals surface area contributed by atoms with Gasteiger partial charge >= 0.3 is 0 Å². The van der Waals surface area contributed by atoms with E-state index < -0.39 is 5.60 Å². The second-order valence-corrected chi connectivity index (χ2v) is 6.08. The van der Waals surface area contributed by atoms with Crippen LogP contribution in [0.3, 0.4) is 0 Å². The summed E-state index contributed by atoms with van der Waals surface area (Å²) in [5.41, 5.74) is -0.176. The summed E-state index contributed by atoms with van der Waals surface area (Å²) in [4.78, 5) is 2.29. The summed E-state index contributed by atoms with van der Waals surface area (Å²) in [6, 6.07) is 8.24. The van der Waals surface area contributed by atoms with E-state index in [9.17, 15) is 5.11 Å². The Bertz CT molecular complexity index is 492. The minimum atomic E-state index is -0.993. The van der Waals surface area contributed by atoms with E-state index in [0.29, 0.717) is 12.6 Å². The standard InChI is InChI=1S/C18H27NO2.C2H6/c1-15(2)19(5)13-8-14-21-17-10-7-6-9-16(17)11-12-18(3,4)20;1-2/h6-7,9-10,15,20H,8,13-14H2,1-5H3;1-2H3. The molecule has 0 radical (unpaired) electrons. The molecular formula is C20H33NO2. The monoisotopic (exact) mass is 319 g/mol. The van der Waals surface area contributed by atoms with Crippen LogP contribution in [-0.4, -0.2) is 41.8 Å². The minimum absolute atomic E-state index is 0.551. The Kier molecular flexibility index (Phi) is 10.4. The number of aliphatic hydroxyl groups is 1. The van der Waals surface area contributed by atoms with Gasteiger partial charge in [-0.2, -0.15) is 0 Å². The van der Waals surface area contributed by atoms with E-state index in [0.717, 1.165) is 24.3 Å². The first-order valence-electron chi connectivity index (χ1n) is 8.47. The van der Waals surface area contributed by atoms with Gasteiger partial charge in [-0.05, 0) is 53.3 Å². The molecule has 0 amide bonds. The molecule has 0 fully saturated rings. The van der Waals surface area contributed by atoms with Crippen LogP contribution in [0.1, 0.15) is 53.5 Å². The van der Waals surface area contributed by atoms with Gasteiger partial charge in [0.05, 0.1) is 12.2 Å². The lowest BCUT2D eigenvalue weighted by atomic mass is 10.1. The van der Waals surface area contributed by atoms with Crippen molar-refractivity contribution >= 4 is 0 Å². The van der Waals surface area contributed by atoms with E-state index in [1.807, 2.05) is 38.1 Å². The Morgan fingerprint density at radius 2 is 1.83 bits per heavy atom. The summed E-state index contributed by atoms with van der Waals surface area (Å²) in [7, 11) is 2.12. The van der Waals surface area contributed by atoms with Crippen molar-refractivity contribution in [3.63, 3.8) is 0 Å². The predicted octanol–water partition coefficient (Wildman–Crippen LogP) is 3.94. The summed E-state index contributed by atoms with van der Waals surface area (Å²) in [6.07, 6.45) is 0.974. The molecule has 23 heavy (non-hydrogen) atoms. The van der Waals surface area contributed by atoms with Crippen molar-refractivity contribution in [2.45, 2.75) is 59.6 Å². The third kappa shape index (κ3) is 9.99. The molecule has 0 spiro atoms. The molecule has 0 unspecified atom stereocenters. The van der Waals surface area contributed by atoms with Gasteiger partial charge in [0.1, 0.15) is 11.4 Å². The van der Waals surface area contributed by atoms with Crippen LogP contribution < -0.4 is 4.74 Å². The highest BCUT2D eigenvalue weighted by Gasteiger charge is 2.07.